The van der Waals surface area contributed by atoms with E-state index < -0.39 is 0 Å². The predicted octanol–water partition coefficient (Wildman–Crippen LogP) is 1.97. The van der Waals surface area contributed by atoms with Gasteiger partial charge in [0.1, 0.15) is 11.5 Å². The Bertz CT molecular complexity index is 437. The molecule has 7 heteroatoms. The van der Waals surface area contributed by atoms with Gasteiger partial charge in [-0.3, -0.25) is 4.79 Å². The molecule has 1 aromatic heterocycles. The van der Waals surface area contributed by atoms with Crippen molar-refractivity contribution in [3.8, 4) is 0 Å². The first-order valence-corrected chi connectivity index (χ1v) is 6.84. The van der Waals surface area contributed by atoms with E-state index in [-0.39, 0.29) is 30.7 Å². The second kappa shape index (κ2) is 9.82. The van der Waals surface area contributed by atoms with Crippen LogP contribution in [0.2, 0.25) is 0 Å². The van der Waals surface area contributed by atoms with Crippen molar-refractivity contribution >= 4 is 36.5 Å². The average molecular weight is 335 g/mol. The Morgan fingerprint density at radius 3 is 2.67 bits per heavy atom. The quantitative estimate of drug-likeness (QED) is 0.883. The second-order valence-corrected chi connectivity index (χ2v) is 5.24. The van der Waals surface area contributed by atoms with Crippen LogP contribution in [0.25, 0.3) is 0 Å². The van der Waals surface area contributed by atoms with Gasteiger partial charge in [-0.05, 0) is 57.5 Å². The van der Waals surface area contributed by atoms with E-state index in [1.165, 1.54) is 12.8 Å². The number of piperidine rings is 1. The Labute approximate surface area is 138 Å². The van der Waals surface area contributed by atoms with Crippen LogP contribution < -0.4 is 11.1 Å². The fourth-order valence-corrected chi connectivity index (χ4v) is 2.41. The van der Waals surface area contributed by atoms with Gasteiger partial charge in [-0.2, -0.15) is 0 Å². The zero-order chi connectivity index (χ0) is 13.7. The molecule has 21 heavy (non-hydrogen) atoms. The van der Waals surface area contributed by atoms with Crippen LogP contribution in [0.5, 0.6) is 0 Å². The number of rotatable bonds is 4. The van der Waals surface area contributed by atoms with E-state index in [4.69, 9.17) is 5.73 Å². The monoisotopic (exact) mass is 334 g/mol. The van der Waals surface area contributed by atoms with Crippen LogP contribution in [0.15, 0.2) is 18.2 Å². The van der Waals surface area contributed by atoms with E-state index in [2.05, 4.69) is 22.2 Å². The van der Waals surface area contributed by atoms with Crippen LogP contribution in [0, 0.1) is 5.92 Å². The molecular formula is C14H24Cl2N4O. The molecule has 0 saturated carbocycles. The summed E-state index contributed by atoms with van der Waals surface area (Å²) >= 11 is 0. The zero-order valence-corrected chi connectivity index (χ0v) is 13.9. The lowest BCUT2D eigenvalue weighted by atomic mass is 9.94. The Hall–Kier alpha value is -1.04. The van der Waals surface area contributed by atoms with Crippen molar-refractivity contribution in [1.82, 2.24) is 15.2 Å². The number of carbonyl (C=O) groups is 1. The van der Waals surface area contributed by atoms with Gasteiger partial charge in [0.25, 0.3) is 5.91 Å². The van der Waals surface area contributed by atoms with Gasteiger partial charge in [0.2, 0.25) is 0 Å². The Kier molecular flexibility index (Phi) is 9.33. The Balaban J connectivity index is 0.00000200. The summed E-state index contributed by atoms with van der Waals surface area (Å²) in [5.41, 5.74) is 5.95. The molecule has 1 aromatic rings. The molecule has 0 aliphatic carbocycles. The van der Waals surface area contributed by atoms with Gasteiger partial charge in [-0.15, -0.1) is 24.8 Å². The SMILES string of the molecule is CN1CCC(CCNC(=O)c2cccc(N)n2)CC1.Cl.Cl. The summed E-state index contributed by atoms with van der Waals surface area (Å²) in [5, 5.41) is 2.91. The minimum absolute atomic E-state index is 0. The molecule has 5 nitrogen and oxygen atoms in total. The van der Waals surface area contributed by atoms with E-state index in [0.717, 1.165) is 25.4 Å². The second-order valence-electron chi connectivity index (χ2n) is 5.24. The van der Waals surface area contributed by atoms with Crippen molar-refractivity contribution < 1.29 is 4.79 Å². The minimum atomic E-state index is -0.139. The maximum absolute atomic E-state index is 11.9. The predicted molar refractivity (Wildman–Crippen MR) is 90.3 cm³/mol. The highest BCUT2D eigenvalue weighted by atomic mass is 35.5. The molecule has 0 radical (unpaired) electrons. The molecule has 0 bridgehead atoms. The molecule has 1 amide bonds. The number of anilines is 1. The van der Waals surface area contributed by atoms with Crippen LogP contribution in [0.3, 0.4) is 0 Å². The van der Waals surface area contributed by atoms with Crippen LogP contribution in [-0.4, -0.2) is 42.5 Å². The molecule has 0 aromatic carbocycles. The first kappa shape index (κ1) is 20.0. The molecule has 0 atom stereocenters. The van der Waals surface area contributed by atoms with E-state index in [1.54, 1.807) is 18.2 Å². The molecule has 1 aliphatic heterocycles. The van der Waals surface area contributed by atoms with Gasteiger partial charge in [0, 0.05) is 6.54 Å². The van der Waals surface area contributed by atoms with Crippen molar-refractivity contribution in [3.63, 3.8) is 0 Å². The number of likely N-dealkylation sites (tertiary alicyclic amines) is 1. The number of aromatic nitrogens is 1. The number of amides is 1. The maximum Gasteiger partial charge on any atom is 0.269 e. The molecule has 0 spiro atoms. The maximum atomic E-state index is 11.9. The van der Waals surface area contributed by atoms with E-state index in [1.807, 2.05) is 0 Å². The molecular weight excluding hydrogens is 311 g/mol. The largest absolute Gasteiger partial charge is 0.384 e. The summed E-state index contributed by atoms with van der Waals surface area (Å²) in [6.07, 6.45) is 3.49. The van der Waals surface area contributed by atoms with Crippen LogP contribution in [0.1, 0.15) is 29.8 Å². The molecule has 3 N–H and O–H groups in total. The van der Waals surface area contributed by atoms with Crippen molar-refractivity contribution in [2.45, 2.75) is 19.3 Å². The number of nitrogens with one attached hydrogen (secondary N) is 1. The third kappa shape index (κ3) is 6.50. The lowest BCUT2D eigenvalue weighted by Crippen LogP contribution is -2.33. The minimum Gasteiger partial charge on any atom is -0.384 e. The zero-order valence-electron chi connectivity index (χ0n) is 12.2. The van der Waals surface area contributed by atoms with Crippen molar-refractivity contribution in [1.29, 1.82) is 0 Å². The molecule has 1 fully saturated rings. The van der Waals surface area contributed by atoms with Gasteiger partial charge in [0.15, 0.2) is 0 Å². The van der Waals surface area contributed by atoms with Crippen LogP contribution in [0.4, 0.5) is 5.82 Å². The number of carbonyl (C=O) groups excluding carboxylic acids is 1. The van der Waals surface area contributed by atoms with Crippen molar-refractivity contribution in [2.75, 3.05) is 32.4 Å². The third-order valence-corrected chi connectivity index (χ3v) is 3.68. The summed E-state index contributed by atoms with van der Waals surface area (Å²) in [6, 6.07) is 5.10. The summed E-state index contributed by atoms with van der Waals surface area (Å²) in [7, 11) is 2.16. The van der Waals surface area contributed by atoms with Crippen LogP contribution >= 0.6 is 24.8 Å². The summed E-state index contributed by atoms with van der Waals surface area (Å²) in [5.74, 6) is 0.966. The summed E-state index contributed by atoms with van der Waals surface area (Å²) in [4.78, 5) is 18.2. The average Bonchev–Trinajstić information content (AvgIpc) is 2.41. The topological polar surface area (TPSA) is 71.2 Å². The lowest BCUT2D eigenvalue weighted by Gasteiger charge is -2.28. The number of nitrogens with zero attached hydrogens (tertiary/aromatic N) is 2. The van der Waals surface area contributed by atoms with Crippen molar-refractivity contribution in [2.24, 2.45) is 5.92 Å². The Morgan fingerprint density at radius 1 is 1.38 bits per heavy atom. The first-order valence-electron chi connectivity index (χ1n) is 6.84. The first-order chi connectivity index (χ1) is 9.15. The highest BCUT2D eigenvalue weighted by molar-refractivity contribution is 5.92. The Morgan fingerprint density at radius 2 is 2.05 bits per heavy atom. The lowest BCUT2D eigenvalue weighted by molar-refractivity contribution is 0.0944. The van der Waals surface area contributed by atoms with Gasteiger partial charge in [-0.25, -0.2) is 4.98 Å². The van der Waals surface area contributed by atoms with E-state index in [0.29, 0.717) is 18.1 Å². The van der Waals surface area contributed by atoms with Crippen LogP contribution in [-0.2, 0) is 0 Å². The highest BCUT2D eigenvalue weighted by Crippen LogP contribution is 2.18. The summed E-state index contributed by atoms with van der Waals surface area (Å²) in [6.45, 7) is 3.04. The number of nitrogens with two attached hydrogens (primary N) is 1. The highest BCUT2D eigenvalue weighted by Gasteiger charge is 2.16. The number of hydrogen-bond acceptors (Lipinski definition) is 4. The third-order valence-electron chi connectivity index (χ3n) is 3.68. The van der Waals surface area contributed by atoms with Gasteiger partial charge >= 0.3 is 0 Å². The fourth-order valence-electron chi connectivity index (χ4n) is 2.41. The van der Waals surface area contributed by atoms with Gasteiger partial charge in [-0.1, -0.05) is 6.07 Å². The fraction of sp³-hybridized carbons (Fsp3) is 0.571. The van der Waals surface area contributed by atoms with Crippen molar-refractivity contribution in [3.05, 3.63) is 23.9 Å². The van der Waals surface area contributed by atoms with Gasteiger partial charge in [0.05, 0.1) is 0 Å². The standard InChI is InChI=1S/C14H22N4O.2ClH/c1-18-9-6-11(7-10-18)5-8-16-14(19)12-3-2-4-13(15)17-12;;/h2-4,11H,5-10H2,1H3,(H2,15,17)(H,16,19);2*1H. The van der Waals surface area contributed by atoms with E-state index >= 15 is 0 Å². The number of halogens is 2. The van der Waals surface area contributed by atoms with E-state index in [9.17, 15) is 4.79 Å². The smallest absolute Gasteiger partial charge is 0.269 e. The molecule has 1 aliphatic rings. The number of hydrogen-bond donors (Lipinski definition) is 2. The normalized spacial score (nSPS) is 15.7. The molecule has 0 unspecified atom stereocenters. The van der Waals surface area contributed by atoms with Gasteiger partial charge < -0.3 is 16.0 Å². The summed E-state index contributed by atoms with van der Waals surface area (Å²) < 4.78 is 0. The number of nitrogen functional groups attached to an aromatic ring is 1. The molecule has 2 heterocycles. The number of pyridine rings is 1. The molecule has 120 valence electrons. The molecule has 2 rings (SSSR count). The molecule has 1 saturated heterocycles.